The van der Waals surface area contributed by atoms with Crippen molar-refractivity contribution in [3.05, 3.63) is 22.2 Å². The summed E-state index contributed by atoms with van der Waals surface area (Å²) in [5.74, 6) is 0.555. The molecule has 6 heteroatoms. The number of fused-ring (bicyclic) bond motifs is 1. The van der Waals surface area contributed by atoms with Gasteiger partial charge in [-0.15, -0.1) is 0 Å². The fourth-order valence-electron chi connectivity index (χ4n) is 2.93. The molecule has 1 heterocycles. The zero-order valence-electron chi connectivity index (χ0n) is 10.6. The Balaban J connectivity index is 2.17. The molecule has 102 valence electrons. The highest BCUT2D eigenvalue weighted by Crippen LogP contribution is 2.41. The first kappa shape index (κ1) is 13.4. The summed E-state index contributed by atoms with van der Waals surface area (Å²) in [4.78, 5) is 4.42. The van der Waals surface area contributed by atoms with Crippen LogP contribution in [0, 0.1) is 0 Å². The van der Waals surface area contributed by atoms with E-state index in [1.54, 1.807) is 6.07 Å². The highest BCUT2D eigenvalue weighted by molar-refractivity contribution is 7.99. The van der Waals surface area contributed by atoms with Crippen molar-refractivity contribution < 1.29 is 0 Å². The molecular weight excluding hydrogens is 301 g/mol. The van der Waals surface area contributed by atoms with E-state index in [2.05, 4.69) is 15.8 Å². The van der Waals surface area contributed by atoms with Gasteiger partial charge in [0.05, 0.1) is 21.1 Å². The lowest BCUT2D eigenvalue weighted by atomic mass is 10.2. The van der Waals surface area contributed by atoms with E-state index in [0.717, 1.165) is 17.5 Å². The van der Waals surface area contributed by atoms with E-state index in [9.17, 15) is 0 Å². The Labute approximate surface area is 126 Å². The number of nitrogen functional groups attached to an aromatic ring is 1. The number of nitrogens with zero attached hydrogens (tertiary/aromatic N) is 2. The van der Waals surface area contributed by atoms with Gasteiger partial charge in [-0.25, -0.2) is 4.98 Å². The molecule has 1 saturated carbocycles. The van der Waals surface area contributed by atoms with E-state index < -0.39 is 0 Å². The molecule has 2 atom stereocenters. The van der Waals surface area contributed by atoms with Gasteiger partial charge in [0.1, 0.15) is 0 Å². The topological polar surface area (TPSA) is 43.8 Å². The lowest BCUT2D eigenvalue weighted by molar-refractivity contribution is 0.550. The van der Waals surface area contributed by atoms with E-state index in [-0.39, 0.29) is 0 Å². The van der Waals surface area contributed by atoms with Gasteiger partial charge in [-0.3, -0.25) is 0 Å². The fraction of sp³-hybridized carbons (Fsp3) is 0.462. The quantitative estimate of drug-likeness (QED) is 0.894. The third kappa shape index (κ3) is 2.20. The number of halogens is 2. The van der Waals surface area contributed by atoms with Crippen LogP contribution in [0.3, 0.4) is 0 Å². The minimum absolute atomic E-state index is 0.400. The van der Waals surface area contributed by atoms with Gasteiger partial charge in [0.2, 0.25) is 5.95 Å². The van der Waals surface area contributed by atoms with Crippen LogP contribution in [-0.2, 0) is 0 Å². The summed E-state index contributed by atoms with van der Waals surface area (Å²) in [6.07, 6.45) is 5.76. The fourth-order valence-corrected chi connectivity index (χ4v) is 4.22. The number of anilines is 1. The van der Waals surface area contributed by atoms with Gasteiger partial charge in [0.25, 0.3) is 0 Å². The van der Waals surface area contributed by atoms with Crippen LogP contribution in [0.2, 0.25) is 10.0 Å². The number of benzene rings is 1. The summed E-state index contributed by atoms with van der Waals surface area (Å²) in [5, 5.41) is 1.66. The molecule has 3 nitrogen and oxygen atoms in total. The SMILES string of the molecule is CSC1CCCC1n1c(N)nc2cc(Cl)c(Cl)cc21. The van der Waals surface area contributed by atoms with Gasteiger partial charge in [0, 0.05) is 11.3 Å². The van der Waals surface area contributed by atoms with Crippen LogP contribution < -0.4 is 5.73 Å². The van der Waals surface area contributed by atoms with Gasteiger partial charge < -0.3 is 10.3 Å². The van der Waals surface area contributed by atoms with Gasteiger partial charge >= 0.3 is 0 Å². The highest BCUT2D eigenvalue weighted by Gasteiger charge is 2.30. The van der Waals surface area contributed by atoms with Crippen LogP contribution in [0.15, 0.2) is 12.1 Å². The van der Waals surface area contributed by atoms with E-state index >= 15 is 0 Å². The van der Waals surface area contributed by atoms with Crippen LogP contribution in [-0.4, -0.2) is 21.1 Å². The van der Waals surface area contributed by atoms with Crippen LogP contribution in [0.25, 0.3) is 11.0 Å². The molecule has 2 N–H and O–H groups in total. The average molecular weight is 316 g/mol. The number of nitrogens with two attached hydrogens (primary N) is 1. The Kier molecular flexibility index (Phi) is 3.58. The van der Waals surface area contributed by atoms with Crippen LogP contribution in [0.1, 0.15) is 25.3 Å². The number of imidazole rings is 1. The Morgan fingerprint density at radius 2 is 2.05 bits per heavy atom. The Hall–Kier alpha value is -0.580. The van der Waals surface area contributed by atoms with E-state index in [4.69, 9.17) is 28.9 Å². The summed E-state index contributed by atoms with van der Waals surface area (Å²) in [6.45, 7) is 0. The van der Waals surface area contributed by atoms with Gasteiger partial charge in [0.15, 0.2) is 0 Å². The van der Waals surface area contributed by atoms with Crippen molar-refractivity contribution in [2.24, 2.45) is 0 Å². The molecule has 0 amide bonds. The minimum atomic E-state index is 0.400. The summed E-state index contributed by atoms with van der Waals surface area (Å²) in [7, 11) is 0. The number of hydrogen-bond acceptors (Lipinski definition) is 3. The lowest BCUT2D eigenvalue weighted by Gasteiger charge is -2.21. The van der Waals surface area contributed by atoms with Gasteiger partial charge in [-0.1, -0.05) is 29.6 Å². The third-order valence-electron chi connectivity index (χ3n) is 3.81. The molecule has 3 rings (SSSR count). The Morgan fingerprint density at radius 1 is 1.32 bits per heavy atom. The summed E-state index contributed by atoms with van der Waals surface area (Å²) >= 11 is 14.1. The van der Waals surface area contributed by atoms with Crippen molar-refractivity contribution in [3.8, 4) is 0 Å². The van der Waals surface area contributed by atoms with E-state index in [0.29, 0.717) is 27.3 Å². The standard InChI is InChI=1S/C13H15Cl2N3S/c1-19-12-4-2-3-10(12)18-11-6-8(15)7(14)5-9(11)17-13(18)16/h5-6,10,12H,2-4H2,1H3,(H2,16,17). The zero-order valence-corrected chi connectivity index (χ0v) is 12.9. The average Bonchev–Trinajstić information content (AvgIpc) is 2.93. The number of aromatic nitrogens is 2. The molecule has 1 aliphatic carbocycles. The van der Waals surface area contributed by atoms with Gasteiger partial charge in [-0.2, -0.15) is 11.8 Å². The van der Waals surface area contributed by atoms with Crippen molar-refractivity contribution in [3.63, 3.8) is 0 Å². The molecule has 1 fully saturated rings. The second kappa shape index (κ2) is 5.08. The third-order valence-corrected chi connectivity index (χ3v) is 5.69. The second-order valence-corrected chi connectivity index (χ2v) is 6.76. The normalized spacial score (nSPS) is 23.3. The predicted molar refractivity (Wildman–Crippen MR) is 84.4 cm³/mol. The maximum absolute atomic E-state index is 6.13. The zero-order chi connectivity index (χ0) is 13.6. The molecule has 1 aliphatic rings. The number of rotatable bonds is 2. The summed E-state index contributed by atoms with van der Waals surface area (Å²) < 4.78 is 2.13. The van der Waals surface area contributed by atoms with Crippen molar-refractivity contribution in [1.29, 1.82) is 0 Å². The molecule has 2 unspecified atom stereocenters. The van der Waals surface area contributed by atoms with Crippen molar-refractivity contribution >= 4 is 51.9 Å². The summed E-state index contributed by atoms with van der Waals surface area (Å²) in [5.41, 5.74) is 7.91. The molecule has 0 aliphatic heterocycles. The first-order valence-corrected chi connectivity index (χ1v) is 8.31. The van der Waals surface area contributed by atoms with Crippen molar-refractivity contribution in [2.75, 3.05) is 12.0 Å². The van der Waals surface area contributed by atoms with Crippen molar-refractivity contribution in [1.82, 2.24) is 9.55 Å². The Morgan fingerprint density at radius 3 is 2.79 bits per heavy atom. The Bertz CT molecular complexity index is 626. The molecule has 0 saturated heterocycles. The van der Waals surface area contributed by atoms with Crippen molar-refractivity contribution in [2.45, 2.75) is 30.6 Å². The second-order valence-electron chi connectivity index (χ2n) is 4.87. The van der Waals surface area contributed by atoms with Crippen LogP contribution in [0.5, 0.6) is 0 Å². The molecule has 0 bridgehead atoms. The maximum atomic E-state index is 6.13. The van der Waals surface area contributed by atoms with E-state index in [1.165, 1.54) is 12.8 Å². The predicted octanol–water partition coefficient (Wildman–Crippen LogP) is 4.38. The monoisotopic (exact) mass is 315 g/mol. The molecule has 1 aromatic heterocycles. The number of thioether (sulfide) groups is 1. The van der Waals surface area contributed by atoms with Gasteiger partial charge in [-0.05, 0) is 31.2 Å². The molecule has 19 heavy (non-hydrogen) atoms. The smallest absolute Gasteiger partial charge is 0.201 e. The maximum Gasteiger partial charge on any atom is 0.201 e. The lowest BCUT2D eigenvalue weighted by Crippen LogP contribution is -2.17. The first-order valence-electron chi connectivity index (χ1n) is 6.27. The first-order chi connectivity index (χ1) is 9.11. The molecular formula is C13H15Cl2N3S. The molecule has 2 aromatic rings. The minimum Gasteiger partial charge on any atom is -0.369 e. The largest absolute Gasteiger partial charge is 0.369 e. The molecule has 0 radical (unpaired) electrons. The molecule has 1 aromatic carbocycles. The van der Waals surface area contributed by atoms with Crippen LogP contribution in [0.4, 0.5) is 5.95 Å². The number of hydrogen-bond donors (Lipinski definition) is 1. The van der Waals surface area contributed by atoms with Crippen LogP contribution >= 0.6 is 35.0 Å². The summed E-state index contributed by atoms with van der Waals surface area (Å²) in [6, 6.07) is 4.06. The molecule has 0 spiro atoms. The highest BCUT2D eigenvalue weighted by atomic mass is 35.5. The van der Waals surface area contributed by atoms with E-state index in [1.807, 2.05) is 17.8 Å².